The van der Waals surface area contributed by atoms with Crippen molar-refractivity contribution in [1.82, 2.24) is 0 Å². The molecule has 0 radical (unpaired) electrons. The van der Waals surface area contributed by atoms with Crippen LogP contribution in [-0.4, -0.2) is 55.0 Å². The SMILES string of the molecule is COC(=O)c1ccc([C@H]2O[C@@H](OC)[C@H](OCc3ccccc3)[C@@H](O)[C@@H]2O)cc1. The minimum absolute atomic E-state index is 0.247. The molecule has 0 bridgehead atoms. The Labute approximate surface area is 163 Å². The summed E-state index contributed by atoms with van der Waals surface area (Å²) in [5, 5.41) is 21.2. The molecule has 7 heteroatoms. The standard InChI is InChI=1S/C21H24O7/c1-25-20(24)15-10-8-14(9-11-15)18-16(22)17(23)19(21(26-2)28-18)27-12-13-6-4-3-5-7-13/h3-11,16-19,21-23H,12H2,1-2H3/t16-,17-,18+,19+,21+/m0/s1. The molecule has 0 spiro atoms. The maximum absolute atomic E-state index is 11.6. The van der Waals surface area contributed by atoms with Crippen molar-refractivity contribution in [2.24, 2.45) is 0 Å². The Hall–Kier alpha value is -2.29. The summed E-state index contributed by atoms with van der Waals surface area (Å²) in [6.45, 7) is 0.247. The first-order chi connectivity index (χ1) is 13.5. The topological polar surface area (TPSA) is 94.5 Å². The van der Waals surface area contributed by atoms with Gasteiger partial charge in [-0.05, 0) is 23.3 Å². The summed E-state index contributed by atoms with van der Waals surface area (Å²) in [5.41, 5.74) is 1.91. The van der Waals surface area contributed by atoms with E-state index in [0.29, 0.717) is 11.1 Å². The van der Waals surface area contributed by atoms with Crippen LogP contribution >= 0.6 is 0 Å². The van der Waals surface area contributed by atoms with Crippen molar-refractivity contribution >= 4 is 5.97 Å². The van der Waals surface area contributed by atoms with Gasteiger partial charge in [0.25, 0.3) is 0 Å². The zero-order valence-electron chi connectivity index (χ0n) is 15.7. The van der Waals surface area contributed by atoms with Gasteiger partial charge in [-0.15, -0.1) is 0 Å². The summed E-state index contributed by atoms with van der Waals surface area (Å²) in [7, 11) is 2.75. The minimum atomic E-state index is -1.23. The van der Waals surface area contributed by atoms with E-state index in [4.69, 9.17) is 14.2 Å². The van der Waals surface area contributed by atoms with E-state index in [-0.39, 0.29) is 6.61 Å². The number of aliphatic hydroxyl groups is 2. The highest BCUT2D eigenvalue weighted by molar-refractivity contribution is 5.89. The molecule has 5 atom stereocenters. The van der Waals surface area contributed by atoms with Gasteiger partial charge < -0.3 is 29.2 Å². The number of rotatable bonds is 6. The molecule has 28 heavy (non-hydrogen) atoms. The van der Waals surface area contributed by atoms with Crippen LogP contribution in [0.2, 0.25) is 0 Å². The van der Waals surface area contributed by atoms with Gasteiger partial charge >= 0.3 is 5.97 Å². The predicted molar refractivity (Wildman–Crippen MR) is 99.4 cm³/mol. The van der Waals surface area contributed by atoms with Gasteiger partial charge in [0, 0.05) is 7.11 Å². The minimum Gasteiger partial charge on any atom is -0.465 e. The molecule has 2 aromatic rings. The number of carbonyl (C=O) groups excluding carboxylic acids is 1. The highest BCUT2D eigenvalue weighted by Crippen LogP contribution is 2.34. The molecule has 0 aliphatic carbocycles. The van der Waals surface area contributed by atoms with Crippen molar-refractivity contribution in [2.45, 2.75) is 37.3 Å². The predicted octanol–water partition coefficient (Wildman–Crippen LogP) is 1.82. The molecule has 150 valence electrons. The molecular weight excluding hydrogens is 364 g/mol. The maximum Gasteiger partial charge on any atom is 0.337 e. The molecule has 1 heterocycles. The average Bonchev–Trinajstić information content (AvgIpc) is 2.75. The lowest BCUT2D eigenvalue weighted by Crippen LogP contribution is -2.55. The van der Waals surface area contributed by atoms with Crippen LogP contribution in [0, 0.1) is 0 Å². The molecule has 2 aromatic carbocycles. The van der Waals surface area contributed by atoms with Crippen molar-refractivity contribution in [2.75, 3.05) is 14.2 Å². The summed E-state index contributed by atoms with van der Waals surface area (Å²) < 4.78 is 21.7. The molecule has 1 fully saturated rings. The Morgan fingerprint density at radius 3 is 2.29 bits per heavy atom. The molecule has 1 saturated heterocycles. The zero-order chi connectivity index (χ0) is 20.1. The molecule has 7 nitrogen and oxygen atoms in total. The normalized spacial score (nSPS) is 27.4. The van der Waals surface area contributed by atoms with Crippen LogP contribution in [0.3, 0.4) is 0 Å². The van der Waals surface area contributed by atoms with E-state index in [1.807, 2.05) is 30.3 Å². The highest BCUT2D eigenvalue weighted by Gasteiger charge is 2.46. The smallest absolute Gasteiger partial charge is 0.337 e. The third-order valence-electron chi connectivity index (χ3n) is 4.72. The monoisotopic (exact) mass is 388 g/mol. The van der Waals surface area contributed by atoms with Crippen LogP contribution in [0.5, 0.6) is 0 Å². The van der Waals surface area contributed by atoms with Crippen LogP contribution in [0.1, 0.15) is 27.6 Å². The number of benzene rings is 2. The van der Waals surface area contributed by atoms with Crippen molar-refractivity contribution in [3.63, 3.8) is 0 Å². The van der Waals surface area contributed by atoms with E-state index in [1.165, 1.54) is 14.2 Å². The number of aliphatic hydroxyl groups excluding tert-OH is 2. The van der Waals surface area contributed by atoms with Crippen molar-refractivity contribution in [3.05, 3.63) is 71.3 Å². The van der Waals surface area contributed by atoms with Gasteiger partial charge in [-0.25, -0.2) is 4.79 Å². The average molecular weight is 388 g/mol. The van der Waals surface area contributed by atoms with Gasteiger partial charge in [0.05, 0.1) is 19.3 Å². The molecule has 2 N–H and O–H groups in total. The van der Waals surface area contributed by atoms with Gasteiger partial charge in [-0.1, -0.05) is 42.5 Å². The lowest BCUT2D eigenvalue weighted by molar-refractivity contribution is -0.304. The van der Waals surface area contributed by atoms with Gasteiger partial charge in [-0.2, -0.15) is 0 Å². The van der Waals surface area contributed by atoms with Crippen LogP contribution < -0.4 is 0 Å². The molecule has 3 rings (SSSR count). The molecule has 0 amide bonds. The molecular formula is C21H24O7. The summed E-state index contributed by atoms with van der Waals surface area (Å²) in [4.78, 5) is 11.6. The van der Waals surface area contributed by atoms with Crippen molar-refractivity contribution in [1.29, 1.82) is 0 Å². The van der Waals surface area contributed by atoms with Crippen molar-refractivity contribution in [3.8, 4) is 0 Å². The van der Waals surface area contributed by atoms with Gasteiger partial charge in [0.15, 0.2) is 6.29 Å². The fraction of sp³-hybridized carbons (Fsp3) is 0.381. The molecule has 1 aliphatic rings. The number of ether oxygens (including phenoxy) is 4. The first kappa shape index (κ1) is 20.4. The van der Waals surface area contributed by atoms with E-state index in [0.717, 1.165) is 5.56 Å². The third kappa shape index (κ3) is 4.40. The lowest BCUT2D eigenvalue weighted by atomic mass is 9.93. The zero-order valence-corrected chi connectivity index (χ0v) is 15.7. The quantitative estimate of drug-likeness (QED) is 0.729. The second-order valence-electron chi connectivity index (χ2n) is 6.52. The third-order valence-corrected chi connectivity index (χ3v) is 4.72. The Kier molecular flexibility index (Phi) is 6.77. The van der Waals surface area contributed by atoms with E-state index in [1.54, 1.807) is 24.3 Å². The van der Waals surface area contributed by atoms with Crippen LogP contribution in [-0.2, 0) is 25.6 Å². The van der Waals surface area contributed by atoms with Gasteiger partial charge in [0.1, 0.15) is 24.4 Å². The summed E-state index contributed by atoms with van der Waals surface area (Å²) in [6.07, 6.45) is -5.00. The fourth-order valence-electron chi connectivity index (χ4n) is 3.17. The largest absolute Gasteiger partial charge is 0.465 e. The van der Waals surface area contributed by atoms with E-state index < -0.39 is 36.7 Å². The molecule has 1 aliphatic heterocycles. The first-order valence-electron chi connectivity index (χ1n) is 8.93. The number of esters is 1. The van der Waals surface area contributed by atoms with Crippen LogP contribution in [0.15, 0.2) is 54.6 Å². The lowest BCUT2D eigenvalue weighted by Gasteiger charge is -2.42. The first-order valence-corrected chi connectivity index (χ1v) is 8.93. The summed E-state index contributed by atoms with van der Waals surface area (Å²) in [6, 6.07) is 15.9. The maximum atomic E-state index is 11.6. The van der Waals surface area contributed by atoms with Gasteiger partial charge in [0.2, 0.25) is 0 Å². The summed E-state index contributed by atoms with van der Waals surface area (Å²) in [5.74, 6) is -0.458. The van der Waals surface area contributed by atoms with Crippen molar-refractivity contribution < 1.29 is 34.0 Å². The Bertz CT molecular complexity index is 760. The van der Waals surface area contributed by atoms with Crippen LogP contribution in [0.4, 0.5) is 0 Å². The number of methoxy groups -OCH3 is 2. The molecule has 0 aromatic heterocycles. The Balaban J connectivity index is 1.72. The Morgan fingerprint density at radius 2 is 1.68 bits per heavy atom. The second-order valence-corrected chi connectivity index (χ2v) is 6.52. The second kappa shape index (κ2) is 9.27. The molecule has 0 unspecified atom stereocenters. The number of hydrogen-bond donors (Lipinski definition) is 2. The van der Waals surface area contributed by atoms with Crippen LogP contribution in [0.25, 0.3) is 0 Å². The van der Waals surface area contributed by atoms with Gasteiger partial charge in [-0.3, -0.25) is 0 Å². The van der Waals surface area contributed by atoms with E-state index in [2.05, 4.69) is 4.74 Å². The summed E-state index contributed by atoms with van der Waals surface area (Å²) >= 11 is 0. The molecule has 0 saturated carbocycles. The number of carbonyl (C=O) groups is 1. The highest BCUT2D eigenvalue weighted by atomic mass is 16.7. The Morgan fingerprint density at radius 1 is 1.00 bits per heavy atom. The van der Waals surface area contributed by atoms with E-state index in [9.17, 15) is 15.0 Å². The fourth-order valence-corrected chi connectivity index (χ4v) is 3.17. The number of hydrogen-bond acceptors (Lipinski definition) is 7. The van der Waals surface area contributed by atoms with E-state index >= 15 is 0 Å².